The van der Waals surface area contributed by atoms with Crippen LogP contribution < -0.4 is 4.74 Å². The van der Waals surface area contributed by atoms with Crippen LogP contribution in [-0.4, -0.2) is 27.7 Å². The molecule has 0 aromatic heterocycles. The average molecular weight is 543 g/mol. The Morgan fingerprint density at radius 1 is 0.737 bits per heavy atom. The summed E-state index contributed by atoms with van der Waals surface area (Å²) in [5, 5.41) is 28.7. The van der Waals surface area contributed by atoms with Gasteiger partial charge in [0.05, 0.1) is 13.2 Å². The quantitative estimate of drug-likeness (QED) is 0.271. The van der Waals surface area contributed by atoms with Gasteiger partial charge in [-0.1, -0.05) is 49.7 Å². The maximum atomic E-state index is 13.4. The van der Waals surface area contributed by atoms with Gasteiger partial charge in [0.15, 0.2) is 0 Å². The van der Waals surface area contributed by atoms with E-state index in [0.717, 1.165) is 11.6 Å². The van der Waals surface area contributed by atoms with Crippen molar-refractivity contribution in [2.24, 2.45) is 0 Å². The fourth-order valence-electron chi connectivity index (χ4n) is 4.26. The Morgan fingerprint density at radius 3 is 1.97 bits per heavy atom. The number of halogens is 6. The second kappa shape index (κ2) is 11.3. The van der Waals surface area contributed by atoms with Crippen molar-refractivity contribution in [2.45, 2.75) is 64.5 Å². The number of benzene rings is 3. The molecule has 3 N–H and O–H groups in total. The fourth-order valence-corrected chi connectivity index (χ4v) is 4.26. The Labute approximate surface area is 216 Å². The van der Waals surface area contributed by atoms with Crippen LogP contribution in [0.5, 0.6) is 5.75 Å². The summed E-state index contributed by atoms with van der Waals surface area (Å²) in [6.45, 7) is 3.09. The van der Waals surface area contributed by atoms with Gasteiger partial charge in [0.2, 0.25) is 0 Å². The van der Waals surface area contributed by atoms with Gasteiger partial charge in [0.1, 0.15) is 12.4 Å². The van der Waals surface area contributed by atoms with Crippen molar-refractivity contribution in [1.82, 2.24) is 0 Å². The third kappa shape index (κ3) is 5.82. The molecular weight excluding hydrogens is 514 g/mol. The highest BCUT2D eigenvalue weighted by molar-refractivity contribution is 5.72. The van der Waals surface area contributed by atoms with Crippen molar-refractivity contribution in [2.75, 3.05) is 0 Å². The highest BCUT2D eigenvalue weighted by atomic mass is 19.4. The normalized spacial score (nSPS) is 12.6. The summed E-state index contributed by atoms with van der Waals surface area (Å²) >= 11 is 0. The second-order valence-electron chi connectivity index (χ2n) is 9.01. The summed E-state index contributed by atoms with van der Waals surface area (Å²) < 4.78 is 86.5. The summed E-state index contributed by atoms with van der Waals surface area (Å²) in [4.78, 5) is 0. The first-order valence-electron chi connectivity index (χ1n) is 11.8. The average Bonchev–Trinajstić information content (AvgIpc) is 2.86. The molecule has 4 nitrogen and oxygen atoms in total. The summed E-state index contributed by atoms with van der Waals surface area (Å²) in [6.07, 6.45) is -11.3. The number of hydrogen-bond acceptors (Lipinski definition) is 4. The van der Waals surface area contributed by atoms with Gasteiger partial charge in [0, 0.05) is 5.56 Å². The van der Waals surface area contributed by atoms with E-state index < -0.39 is 23.5 Å². The molecule has 0 unspecified atom stereocenters. The Hall–Kier alpha value is -3.08. The smallest absolute Gasteiger partial charge is 0.430 e. The van der Waals surface area contributed by atoms with Crippen molar-refractivity contribution in [3.63, 3.8) is 0 Å². The van der Waals surface area contributed by atoms with Gasteiger partial charge in [-0.2, -0.15) is 26.3 Å². The minimum atomic E-state index is -5.96. The predicted octanol–water partition coefficient (Wildman–Crippen LogP) is 6.49. The predicted molar refractivity (Wildman–Crippen MR) is 129 cm³/mol. The molecule has 0 amide bonds. The minimum absolute atomic E-state index is 0.0969. The van der Waals surface area contributed by atoms with Gasteiger partial charge in [-0.25, -0.2) is 0 Å². The number of ether oxygens (including phenoxy) is 1. The van der Waals surface area contributed by atoms with E-state index >= 15 is 0 Å². The van der Waals surface area contributed by atoms with Crippen LogP contribution in [0.2, 0.25) is 0 Å². The van der Waals surface area contributed by atoms with E-state index in [2.05, 4.69) is 0 Å². The zero-order valence-electron chi connectivity index (χ0n) is 20.7. The summed E-state index contributed by atoms with van der Waals surface area (Å²) in [7, 11) is 0. The van der Waals surface area contributed by atoms with Crippen molar-refractivity contribution in [1.29, 1.82) is 0 Å². The number of aliphatic hydroxyl groups is 3. The van der Waals surface area contributed by atoms with Crippen molar-refractivity contribution < 1.29 is 46.4 Å². The monoisotopic (exact) mass is 542 g/mol. The number of aryl methyl sites for hydroxylation is 2. The summed E-state index contributed by atoms with van der Waals surface area (Å²) in [5.41, 5.74) is -2.47. The molecule has 0 aliphatic carbocycles. The van der Waals surface area contributed by atoms with Crippen LogP contribution in [-0.2, 0) is 31.8 Å². The molecule has 0 radical (unpaired) electrons. The van der Waals surface area contributed by atoms with Crippen LogP contribution in [0.3, 0.4) is 0 Å². The first-order chi connectivity index (χ1) is 17.8. The van der Waals surface area contributed by atoms with Gasteiger partial charge in [0.25, 0.3) is 5.60 Å². The molecule has 3 aromatic carbocycles. The number of hydrogen-bond donors (Lipinski definition) is 3. The summed E-state index contributed by atoms with van der Waals surface area (Å²) in [6, 6.07) is 12.8. The third-order valence-corrected chi connectivity index (χ3v) is 6.38. The molecule has 0 aliphatic rings. The fraction of sp³-hybridized carbons (Fsp3) is 0.357. The van der Waals surface area contributed by atoms with E-state index in [1.54, 1.807) is 50.2 Å². The zero-order chi connectivity index (χ0) is 28.3. The van der Waals surface area contributed by atoms with Gasteiger partial charge >= 0.3 is 12.4 Å². The molecule has 206 valence electrons. The van der Waals surface area contributed by atoms with Crippen LogP contribution >= 0.6 is 0 Å². The SMILES string of the molecule is CCCc1cc(C(O)(C(F)(F)F)C(F)(F)F)ccc1-c1cc(COc2ccc(CO)c(CO)c2)ccc1C. The Balaban J connectivity index is 2.00. The van der Waals surface area contributed by atoms with Crippen LogP contribution in [0, 0.1) is 6.92 Å². The van der Waals surface area contributed by atoms with Crippen LogP contribution in [0.4, 0.5) is 26.3 Å². The van der Waals surface area contributed by atoms with E-state index in [-0.39, 0.29) is 31.8 Å². The first-order valence-corrected chi connectivity index (χ1v) is 11.8. The molecule has 0 bridgehead atoms. The molecule has 0 saturated heterocycles. The Kier molecular flexibility index (Phi) is 8.80. The zero-order valence-corrected chi connectivity index (χ0v) is 20.7. The van der Waals surface area contributed by atoms with Gasteiger partial charge in [-0.05, 0) is 70.5 Å². The van der Waals surface area contributed by atoms with E-state index in [4.69, 9.17) is 4.74 Å². The van der Waals surface area contributed by atoms with E-state index in [1.165, 1.54) is 6.07 Å². The van der Waals surface area contributed by atoms with E-state index in [1.807, 2.05) is 0 Å². The number of rotatable bonds is 9. The topological polar surface area (TPSA) is 69.9 Å². The lowest BCUT2D eigenvalue weighted by Gasteiger charge is -2.33. The Bertz CT molecular complexity index is 1250. The van der Waals surface area contributed by atoms with E-state index in [0.29, 0.717) is 46.1 Å². The lowest BCUT2D eigenvalue weighted by Crippen LogP contribution is -2.53. The molecule has 0 spiro atoms. The molecule has 0 saturated carbocycles. The second-order valence-corrected chi connectivity index (χ2v) is 9.01. The molecule has 38 heavy (non-hydrogen) atoms. The Morgan fingerprint density at radius 2 is 1.39 bits per heavy atom. The maximum Gasteiger partial charge on any atom is 0.430 e. The van der Waals surface area contributed by atoms with Crippen molar-refractivity contribution >= 4 is 0 Å². The maximum absolute atomic E-state index is 13.4. The first kappa shape index (κ1) is 29.5. The minimum Gasteiger partial charge on any atom is -0.489 e. The van der Waals surface area contributed by atoms with Crippen LogP contribution in [0.1, 0.15) is 46.7 Å². The molecular formula is C28H28F6O4. The molecule has 3 rings (SSSR count). The molecule has 0 heterocycles. The lowest BCUT2D eigenvalue weighted by atomic mass is 9.86. The molecule has 10 heteroatoms. The van der Waals surface area contributed by atoms with Crippen molar-refractivity contribution in [3.05, 3.63) is 88.0 Å². The highest BCUT2D eigenvalue weighted by Crippen LogP contribution is 2.50. The van der Waals surface area contributed by atoms with Gasteiger partial charge < -0.3 is 20.1 Å². The highest BCUT2D eigenvalue weighted by Gasteiger charge is 2.71. The van der Waals surface area contributed by atoms with E-state index in [9.17, 15) is 41.7 Å². The molecule has 0 atom stereocenters. The largest absolute Gasteiger partial charge is 0.489 e. The molecule has 0 aliphatic heterocycles. The van der Waals surface area contributed by atoms with Crippen LogP contribution in [0.15, 0.2) is 54.6 Å². The van der Waals surface area contributed by atoms with Crippen molar-refractivity contribution in [3.8, 4) is 16.9 Å². The van der Waals surface area contributed by atoms with Gasteiger partial charge in [-0.15, -0.1) is 0 Å². The third-order valence-electron chi connectivity index (χ3n) is 6.38. The number of alkyl halides is 6. The lowest BCUT2D eigenvalue weighted by molar-refractivity contribution is -0.376. The standard InChI is InChI=1S/C28H28F6O4/c1-3-4-19-12-22(26(37,27(29,30)31)28(32,33)34)8-10-24(19)25-11-18(6-5-17(25)2)16-38-23-9-7-20(14-35)21(13-23)15-36/h5-13,35-37H,3-4,14-16H2,1-2H3. The van der Waals surface area contributed by atoms with Gasteiger partial charge in [-0.3, -0.25) is 0 Å². The molecule has 0 fully saturated rings. The molecule has 3 aromatic rings. The summed E-state index contributed by atoms with van der Waals surface area (Å²) in [5.74, 6) is 0.447. The number of aliphatic hydroxyl groups excluding tert-OH is 2. The van der Waals surface area contributed by atoms with Crippen LogP contribution in [0.25, 0.3) is 11.1 Å².